The molecule has 0 bridgehead atoms. The lowest BCUT2D eigenvalue weighted by atomic mass is 10.0. The molecule has 106 valence electrons. The molecule has 0 saturated carbocycles. The maximum atomic E-state index is 6.08. The van der Waals surface area contributed by atoms with Gasteiger partial charge in [0.25, 0.3) is 0 Å². The Morgan fingerprint density at radius 1 is 1.15 bits per heavy atom. The Hall–Kier alpha value is -1.49. The number of fused-ring (bicyclic) bond motifs is 1. The smallest absolute Gasteiger partial charge is 0.0750 e. The van der Waals surface area contributed by atoms with Crippen molar-refractivity contribution in [2.45, 2.75) is 6.04 Å². The Kier molecular flexibility index (Phi) is 3.96. The van der Waals surface area contributed by atoms with E-state index in [4.69, 9.17) is 5.73 Å². The highest BCUT2D eigenvalue weighted by Crippen LogP contribution is 2.26. The van der Waals surface area contributed by atoms with Crippen LogP contribution in [0.2, 0.25) is 0 Å². The van der Waals surface area contributed by atoms with Crippen LogP contribution in [0.3, 0.4) is 0 Å². The van der Waals surface area contributed by atoms with Crippen LogP contribution in [0.1, 0.15) is 11.6 Å². The molecule has 0 spiro atoms. The van der Waals surface area contributed by atoms with E-state index in [2.05, 4.69) is 46.1 Å². The zero-order valence-corrected chi connectivity index (χ0v) is 12.0. The number of likely N-dealkylation sites (N-methyl/N-ethyl adjacent to an activating group) is 1. The van der Waals surface area contributed by atoms with E-state index < -0.39 is 0 Å². The lowest BCUT2D eigenvalue weighted by Gasteiger charge is -2.37. The van der Waals surface area contributed by atoms with Crippen molar-refractivity contribution in [2.75, 3.05) is 39.8 Å². The summed E-state index contributed by atoms with van der Waals surface area (Å²) in [5.41, 5.74) is 8.43. The van der Waals surface area contributed by atoms with Crippen molar-refractivity contribution in [3.63, 3.8) is 0 Å². The van der Waals surface area contributed by atoms with E-state index in [-0.39, 0.29) is 6.04 Å². The van der Waals surface area contributed by atoms with E-state index >= 15 is 0 Å². The van der Waals surface area contributed by atoms with Crippen molar-refractivity contribution in [1.29, 1.82) is 0 Å². The number of piperazine rings is 1. The van der Waals surface area contributed by atoms with E-state index in [9.17, 15) is 0 Å². The first-order valence-corrected chi connectivity index (χ1v) is 7.26. The van der Waals surface area contributed by atoms with Gasteiger partial charge in [-0.3, -0.25) is 9.88 Å². The Morgan fingerprint density at radius 3 is 2.65 bits per heavy atom. The summed E-state index contributed by atoms with van der Waals surface area (Å²) in [6.45, 7) is 4.99. The number of nitrogens with two attached hydrogens (primary N) is 1. The van der Waals surface area contributed by atoms with Crippen molar-refractivity contribution in [1.82, 2.24) is 14.8 Å². The molecule has 1 aromatic heterocycles. The first-order valence-electron chi connectivity index (χ1n) is 7.26. The zero-order chi connectivity index (χ0) is 13.9. The number of hydrogen-bond acceptors (Lipinski definition) is 4. The normalized spacial score (nSPS) is 19.3. The van der Waals surface area contributed by atoms with Gasteiger partial charge in [0.15, 0.2) is 0 Å². The maximum absolute atomic E-state index is 6.08. The lowest BCUT2D eigenvalue weighted by molar-refractivity contribution is 0.115. The summed E-state index contributed by atoms with van der Waals surface area (Å²) < 4.78 is 0. The number of benzene rings is 1. The fraction of sp³-hybridized carbons (Fsp3) is 0.438. The average molecular weight is 270 g/mol. The monoisotopic (exact) mass is 270 g/mol. The minimum absolute atomic E-state index is 0.266. The van der Waals surface area contributed by atoms with Gasteiger partial charge >= 0.3 is 0 Å². The number of para-hydroxylation sites is 1. The van der Waals surface area contributed by atoms with Gasteiger partial charge in [-0.25, -0.2) is 0 Å². The fourth-order valence-corrected chi connectivity index (χ4v) is 3.00. The van der Waals surface area contributed by atoms with Crippen LogP contribution < -0.4 is 5.73 Å². The molecule has 1 aliphatic heterocycles. The average Bonchev–Trinajstić information content (AvgIpc) is 2.50. The number of rotatable bonds is 3. The third-order valence-corrected chi connectivity index (χ3v) is 4.22. The molecule has 2 heterocycles. The molecule has 20 heavy (non-hydrogen) atoms. The highest BCUT2D eigenvalue weighted by molar-refractivity contribution is 5.82. The van der Waals surface area contributed by atoms with Gasteiger partial charge in [-0.1, -0.05) is 24.3 Å². The molecule has 4 heteroatoms. The highest BCUT2D eigenvalue weighted by atomic mass is 15.3. The summed E-state index contributed by atoms with van der Waals surface area (Å²) in [5, 5.41) is 1.19. The summed E-state index contributed by atoms with van der Waals surface area (Å²) in [6.07, 6.45) is 1.86. The van der Waals surface area contributed by atoms with E-state index in [0.29, 0.717) is 6.54 Å². The minimum Gasteiger partial charge on any atom is -0.329 e. The van der Waals surface area contributed by atoms with Crippen molar-refractivity contribution >= 4 is 10.9 Å². The SMILES string of the molecule is CN1CCN(C(CN)c2cccc3cccnc23)CC1. The van der Waals surface area contributed by atoms with Crippen molar-refractivity contribution < 1.29 is 0 Å². The van der Waals surface area contributed by atoms with Crippen LogP contribution in [0, 0.1) is 0 Å². The topological polar surface area (TPSA) is 45.4 Å². The van der Waals surface area contributed by atoms with Gasteiger partial charge in [-0.2, -0.15) is 0 Å². The van der Waals surface area contributed by atoms with Crippen LogP contribution in [0.5, 0.6) is 0 Å². The van der Waals surface area contributed by atoms with Crippen LogP contribution in [0.15, 0.2) is 36.5 Å². The van der Waals surface area contributed by atoms with Gasteiger partial charge in [-0.05, 0) is 18.7 Å². The van der Waals surface area contributed by atoms with Gasteiger partial charge in [0.05, 0.1) is 5.52 Å². The molecule has 1 aliphatic rings. The third-order valence-electron chi connectivity index (χ3n) is 4.22. The first-order chi connectivity index (χ1) is 9.79. The fourth-order valence-electron chi connectivity index (χ4n) is 3.00. The number of pyridine rings is 1. The molecule has 0 aliphatic carbocycles. The molecule has 2 N–H and O–H groups in total. The van der Waals surface area contributed by atoms with E-state index in [0.717, 1.165) is 31.7 Å². The number of hydrogen-bond donors (Lipinski definition) is 1. The summed E-state index contributed by atoms with van der Waals surface area (Å²) in [5.74, 6) is 0. The number of aromatic nitrogens is 1. The molecule has 1 fully saturated rings. The van der Waals surface area contributed by atoms with Gasteiger partial charge in [-0.15, -0.1) is 0 Å². The van der Waals surface area contributed by atoms with Gasteiger partial charge < -0.3 is 10.6 Å². The molecular weight excluding hydrogens is 248 g/mol. The Morgan fingerprint density at radius 2 is 1.90 bits per heavy atom. The quantitative estimate of drug-likeness (QED) is 0.917. The second kappa shape index (κ2) is 5.87. The molecule has 0 amide bonds. The van der Waals surface area contributed by atoms with Gasteiger partial charge in [0.2, 0.25) is 0 Å². The molecule has 3 rings (SSSR count). The molecule has 4 nitrogen and oxygen atoms in total. The van der Waals surface area contributed by atoms with Gasteiger partial charge in [0.1, 0.15) is 0 Å². The van der Waals surface area contributed by atoms with Crippen LogP contribution in [0.25, 0.3) is 10.9 Å². The van der Waals surface area contributed by atoms with E-state index in [1.54, 1.807) is 0 Å². The molecule has 1 atom stereocenters. The molecule has 1 aromatic carbocycles. The zero-order valence-electron chi connectivity index (χ0n) is 12.0. The van der Waals surface area contributed by atoms with E-state index in [1.807, 2.05) is 12.3 Å². The Bertz CT molecular complexity index is 570. The van der Waals surface area contributed by atoms with Crippen molar-refractivity contribution in [3.8, 4) is 0 Å². The molecule has 1 unspecified atom stereocenters. The Balaban J connectivity index is 1.95. The highest BCUT2D eigenvalue weighted by Gasteiger charge is 2.24. The van der Waals surface area contributed by atoms with Crippen molar-refractivity contribution in [3.05, 3.63) is 42.1 Å². The second-order valence-corrected chi connectivity index (χ2v) is 5.51. The van der Waals surface area contributed by atoms with Crippen LogP contribution in [-0.2, 0) is 0 Å². The summed E-state index contributed by atoms with van der Waals surface area (Å²) in [7, 11) is 2.17. The van der Waals surface area contributed by atoms with E-state index in [1.165, 1.54) is 10.9 Å². The second-order valence-electron chi connectivity index (χ2n) is 5.51. The lowest BCUT2D eigenvalue weighted by Crippen LogP contribution is -2.47. The van der Waals surface area contributed by atoms with Crippen LogP contribution in [0.4, 0.5) is 0 Å². The maximum Gasteiger partial charge on any atom is 0.0750 e. The predicted octanol–water partition coefficient (Wildman–Crippen LogP) is 1.48. The molecule has 2 aromatic rings. The predicted molar refractivity (Wildman–Crippen MR) is 82.6 cm³/mol. The first kappa shape index (κ1) is 13.5. The van der Waals surface area contributed by atoms with Crippen LogP contribution >= 0.6 is 0 Å². The molecular formula is C16H22N4. The summed E-state index contributed by atoms with van der Waals surface area (Å²) in [4.78, 5) is 9.42. The standard InChI is InChI=1S/C16H22N4/c1-19-8-10-20(11-9-19)15(12-17)14-6-2-4-13-5-3-7-18-16(13)14/h2-7,15H,8-12,17H2,1H3. The molecule has 1 saturated heterocycles. The van der Waals surface area contributed by atoms with Gasteiger partial charge in [0, 0.05) is 50.3 Å². The Labute approximate surface area is 120 Å². The largest absolute Gasteiger partial charge is 0.329 e. The summed E-state index contributed by atoms with van der Waals surface area (Å²) >= 11 is 0. The van der Waals surface area contributed by atoms with Crippen molar-refractivity contribution in [2.24, 2.45) is 5.73 Å². The van der Waals surface area contributed by atoms with Crippen LogP contribution in [-0.4, -0.2) is 54.6 Å². The molecule has 0 radical (unpaired) electrons. The number of nitrogens with zero attached hydrogens (tertiary/aromatic N) is 3. The summed E-state index contributed by atoms with van der Waals surface area (Å²) in [6, 6.07) is 10.8. The third kappa shape index (κ3) is 2.54. The minimum atomic E-state index is 0.266.